The number of morpholine rings is 1. The molecule has 0 radical (unpaired) electrons. The first-order chi connectivity index (χ1) is 14.1. The fourth-order valence-electron chi connectivity index (χ4n) is 3.09. The number of nitro groups is 1. The van der Waals surface area contributed by atoms with E-state index in [0.717, 1.165) is 24.3 Å². The van der Waals surface area contributed by atoms with Crippen LogP contribution in [0.3, 0.4) is 0 Å². The van der Waals surface area contributed by atoms with E-state index in [-0.39, 0.29) is 17.5 Å². The van der Waals surface area contributed by atoms with Gasteiger partial charge in [0, 0.05) is 37.1 Å². The first-order valence-corrected chi connectivity index (χ1v) is 9.08. The molecule has 0 atom stereocenters. The molecule has 0 spiro atoms. The molecular weight excluding hydrogens is 374 g/mol. The first-order valence-electron chi connectivity index (χ1n) is 9.08. The summed E-state index contributed by atoms with van der Waals surface area (Å²) >= 11 is 0. The summed E-state index contributed by atoms with van der Waals surface area (Å²) in [7, 11) is 0. The van der Waals surface area contributed by atoms with E-state index in [1.54, 1.807) is 6.20 Å². The largest absolute Gasteiger partial charge is 0.438 e. The van der Waals surface area contributed by atoms with Crippen molar-refractivity contribution < 1.29 is 14.4 Å². The highest BCUT2D eigenvalue weighted by Gasteiger charge is 2.15. The topological polar surface area (TPSA) is 117 Å². The molecule has 0 amide bonds. The SMILES string of the molecule is Nc1ncc(-c2cccc(N3CCOCC3)c2)c(Oc2ccc([N+](=O)[O-])cc2)n1. The van der Waals surface area contributed by atoms with Crippen LogP contribution in [0.5, 0.6) is 11.6 Å². The van der Waals surface area contributed by atoms with Crippen LogP contribution in [0.25, 0.3) is 11.1 Å². The molecule has 0 unspecified atom stereocenters. The molecule has 2 N–H and O–H groups in total. The quantitative estimate of drug-likeness (QED) is 0.518. The van der Waals surface area contributed by atoms with Crippen molar-refractivity contribution in [3.05, 3.63) is 64.8 Å². The number of nitrogens with two attached hydrogens (primary N) is 1. The zero-order valence-electron chi connectivity index (χ0n) is 15.5. The maximum absolute atomic E-state index is 10.8. The summed E-state index contributed by atoms with van der Waals surface area (Å²) in [5.74, 6) is 0.778. The van der Waals surface area contributed by atoms with Gasteiger partial charge in [-0.25, -0.2) is 4.98 Å². The minimum atomic E-state index is -0.463. The number of benzene rings is 2. The van der Waals surface area contributed by atoms with Gasteiger partial charge in [0.05, 0.1) is 23.7 Å². The molecule has 1 fully saturated rings. The molecule has 9 nitrogen and oxygen atoms in total. The van der Waals surface area contributed by atoms with E-state index in [2.05, 4.69) is 14.9 Å². The van der Waals surface area contributed by atoms with Gasteiger partial charge < -0.3 is 20.1 Å². The van der Waals surface area contributed by atoms with Crippen molar-refractivity contribution >= 4 is 17.3 Å². The third kappa shape index (κ3) is 4.25. The maximum Gasteiger partial charge on any atom is 0.269 e. The molecule has 0 aliphatic carbocycles. The fraction of sp³-hybridized carbons (Fsp3) is 0.200. The van der Waals surface area contributed by atoms with Gasteiger partial charge in [-0.05, 0) is 29.8 Å². The zero-order valence-corrected chi connectivity index (χ0v) is 15.5. The molecular formula is C20H19N5O4. The van der Waals surface area contributed by atoms with E-state index in [9.17, 15) is 10.1 Å². The van der Waals surface area contributed by atoms with Gasteiger partial charge in [0.15, 0.2) is 0 Å². The van der Waals surface area contributed by atoms with Gasteiger partial charge in [0.2, 0.25) is 11.8 Å². The Morgan fingerprint density at radius 2 is 1.90 bits per heavy atom. The van der Waals surface area contributed by atoms with Crippen LogP contribution < -0.4 is 15.4 Å². The van der Waals surface area contributed by atoms with Gasteiger partial charge in [-0.3, -0.25) is 10.1 Å². The van der Waals surface area contributed by atoms with Gasteiger partial charge in [-0.1, -0.05) is 12.1 Å². The Morgan fingerprint density at radius 1 is 1.14 bits per heavy atom. The number of nitrogen functional groups attached to an aromatic ring is 1. The van der Waals surface area contributed by atoms with Crippen molar-refractivity contribution in [2.24, 2.45) is 0 Å². The highest BCUT2D eigenvalue weighted by molar-refractivity contribution is 5.72. The molecule has 1 saturated heterocycles. The molecule has 1 aromatic heterocycles. The van der Waals surface area contributed by atoms with Crippen molar-refractivity contribution in [1.82, 2.24) is 9.97 Å². The number of hydrogen-bond acceptors (Lipinski definition) is 8. The Bertz CT molecular complexity index is 1020. The molecule has 0 bridgehead atoms. The molecule has 148 valence electrons. The summed E-state index contributed by atoms with van der Waals surface area (Å²) in [5.41, 5.74) is 8.37. The van der Waals surface area contributed by atoms with E-state index < -0.39 is 4.92 Å². The van der Waals surface area contributed by atoms with Crippen molar-refractivity contribution in [3.63, 3.8) is 0 Å². The highest BCUT2D eigenvalue weighted by Crippen LogP contribution is 2.34. The summed E-state index contributed by atoms with van der Waals surface area (Å²) in [6.07, 6.45) is 1.61. The standard InChI is InChI=1S/C20H19N5O4/c21-20-22-13-18(14-2-1-3-16(12-14)24-8-10-28-11-9-24)19(23-20)29-17-6-4-15(5-7-17)25(26)27/h1-7,12-13H,8-11H2,(H2,21,22,23). The van der Waals surface area contributed by atoms with E-state index in [1.165, 1.54) is 24.3 Å². The van der Waals surface area contributed by atoms with Crippen molar-refractivity contribution in [2.75, 3.05) is 36.9 Å². The lowest BCUT2D eigenvalue weighted by atomic mass is 10.1. The summed E-state index contributed by atoms with van der Waals surface area (Å²) < 4.78 is 11.3. The zero-order chi connectivity index (χ0) is 20.2. The van der Waals surface area contributed by atoms with Gasteiger partial charge in [0.25, 0.3) is 5.69 Å². The average Bonchev–Trinajstić information content (AvgIpc) is 2.75. The van der Waals surface area contributed by atoms with Crippen LogP contribution in [0.1, 0.15) is 0 Å². The third-order valence-electron chi connectivity index (χ3n) is 4.57. The van der Waals surface area contributed by atoms with E-state index in [4.69, 9.17) is 15.2 Å². The van der Waals surface area contributed by atoms with Crippen molar-refractivity contribution in [1.29, 1.82) is 0 Å². The Balaban J connectivity index is 1.65. The molecule has 9 heteroatoms. The van der Waals surface area contributed by atoms with E-state index in [0.29, 0.717) is 24.5 Å². The number of rotatable bonds is 5. The molecule has 0 saturated carbocycles. The lowest BCUT2D eigenvalue weighted by Gasteiger charge is -2.29. The van der Waals surface area contributed by atoms with Crippen LogP contribution in [0, 0.1) is 10.1 Å². The predicted molar refractivity (Wildman–Crippen MR) is 108 cm³/mol. The molecule has 1 aliphatic rings. The average molecular weight is 393 g/mol. The molecule has 1 aliphatic heterocycles. The lowest BCUT2D eigenvalue weighted by Crippen LogP contribution is -2.36. The van der Waals surface area contributed by atoms with Gasteiger partial charge in [-0.15, -0.1) is 0 Å². The van der Waals surface area contributed by atoms with Crippen molar-refractivity contribution in [2.45, 2.75) is 0 Å². The van der Waals surface area contributed by atoms with E-state index >= 15 is 0 Å². The van der Waals surface area contributed by atoms with Crippen LogP contribution in [-0.4, -0.2) is 41.2 Å². The smallest absolute Gasteiger partial charge is 0.269 e. The second-order valence-electron chi connectivity index (χ2n) is 6.45. The Labute approximate surface area is 166 Å². The number of ether oxygens (including phenoxy) is 2. The van der Waals surface area contributed by atoms with E-state index in [1.807, 2.05) is 24.3 Å². The number of non-ortho nitro benzene ring substituents is 1. The number of nitro benzene ring substituents is 1. The first kappa shape index (κ1) is 18.6. The van der Waals surface area contributed by atoms with Crippen LogP contribution in [0.2, 0.25) is 0 Å². The Kier molecular flexibility index (Phi) is 5.21. The summed E-state index contributed by atoms with van der Waals surface area (Å²) in [6.45, 7) is 3.05. The van der Waals surface area contributed by atoms with Gasteiger partial charge in [0.1, 0.15) is 5.75 Å². The van der Waals surface area contributed by atoms with Crippen LogP contribution in [0.4, 0.5) is 17.3 Å². The minimum Gasteiger partial charge on any atom is -0.438 e. The lowest BCUT2D eigenvalue weighted by molar-refractivity contribution is -0.384. The molecule has 3 aromatic rings. The van der Waals surface area contributed by atoms with Gasteiger partial charge in [-0.2, -0.15) is 4.98 Å². The number of anilines is 2. The molecule has 2 heterocycles. The minimum absolute atomic E-state index is 0.0158. The molecule has 29 heavy (non-hydrogen) atoms. The third-order valence-corrected chi connectivity index (χ3v) is 4.57. The Morgan fingerprint density at radius 3 is 2.62 bits per heavy atom. The van der Waals surface area contributed by atoms with Crippen LogP contribution >= 0.6 is 0 Å². The van der Waals surface area contributed by atoms with Crippen LogP contribution in [-0.2, 0) is 4.74 Å². The van der Waals surface area contributed by atoms with Gasteiger partial charge >= 0.3 is 0 Å². The second-order valence-corrected chi connectivity index (χ2v) is 6.45. The summed E-state index contributed by atoms with van der Waals surface area (Å²) in [6, 6.07) is 13.8. The number of hydrogen-bond donors (Lipinski definition) is 1. The monoisotopic (exact) mass is 393 g/mol. The number of aromatic nitrogens is 2. The van der Waals surface area contributed by atoms with Crippen LogP contribution in [0.15, 0.2) is 54.7 Å². The fourth-order valence-corrected chi connectivity index (χ4v) is 3.09. The maximum atomic E-state index is 10.8. The second kappa shape index (κ2) is 8.11. The molecule has 4 rings (SSSR count). The molecule has 2 aromatic carbocycles. The predicted octanol–water partition coefficient (Wildman–Crippen LogP) is 3.26. The van der Waals surface area contributed by atoms with Crippen molar-refractivity contribution in [3.8, 4) is 22.8 Å². The normalized spacial score (nSPS) is 13.9. The Hall–Kier alpha value is -3.72. The summed E-state index contributed by atoms with van der Waals surface area (Å²) in [4.78, 5) is 20.9. The number of nitrogens with zero attached hydrogens (tertiary/aromatic N) is 4. The summed E-state index contributed by atoms with van der Waals surface area (Å²) in [5, 5.41) is 10.8. The highest BCUT2D eigenvalue weighted by atomic mass is 16.6.